The number of anilines is 1. The summed E-state index contributed by atoms with van der Waals surface area (Å²) in [4.78, 5) is 12.9. The van der Waals surface area contributed by atoms with E-state index in [4.69, 9.17) is 11.6 Å². The standard InChI is InChI=1S/C17H12ClF2NO2S/c1-9-8-10(23-17(19)20)6-7-12(9)21-16(22)15-14(18)11-4-2-3-5-13(11)24-15/h2-8,17H,1H3,(H,21,22). The van der Waals surface area contributed by atoms with Gasteiger partial charge in [0, 0.05) is 15.8 Å². The highest BCUT2D eigenvalue weighted by Crippen LogP contribution is 2.35. The van der Waals surface area contributed by atoms with Crippen molar-refractivity contribution in [3.05, 3.63) is 57.9 Å². The molecule has 0 aliphatic carbocycles. The van der Waals surface area contributed by atoms with E-state index in [1.54, 1.807) is 6.92 Å². The van der Waals surface area contributed by atoms with Crippen molar-refractivity contribution >= 4 is 44.6 Å². The van der Waals surface area contributed by atoms with E-state index in [1.807, 2.05) is 24.3 Å². The quantitative estimate of drug-likeness (QED) is 0.640. The number of nitrogens with one attached hydrogen (secondary N) is 1. The van der Waals surface area contributed by atoms with E-state index in [0.717, 1.165) is 10.1 Å². The molecule has 0 aliphatic heterocycles. The molecule has 1 N–H and O–H groups in total. The third-order valence-electron chi connectivity index (χ3n) is 3.41. The fourth-order valence-electron chi connectivity index (χ4n) is 2.29. The van der Waals surface area contributed by atoms with Crippen LogP contribution in [-0.4, -0.2) is 12.5 Å². The van der Waals surface area contributed by atoms with E-state index < -0.39 is 6.61 Å². The number of rotatable bonds is 4. The third-order valence-corrected chi connectivity index (χ3v) is 5.09. The van der Waals surface area contributed by atoms with Crippen LogP contribution >= 0.6 is 22.9 Å². The molecule has 3 nitrogen and oxygen atoms in total. The van der Waals surface area contributed by atoms with Crippen LogP contribution in [0.5, 0.6) is 5.75 Å². The van der Waals surface area contributed by atoms with Gasteiger partial charge in [0.2, 0.25) is 0 Å². The highest BCUT2D eigenvalue weighted by Gasteiger charge is 2.18. The van der Waals surface area contributed by atoms with E-state index in [0.29, 0.717) is 21.2 Å². The van der Waals surface area contributed by atoms with Gasteiger partial charge in [-0.3, -0.25) is 4.79 Å². The number of amides is 1. The number of halogens is 3. The van der Waals surface area contributed by atoms with Gasteiger partial charge in [-0.15, -0.1) is 11.3 Å². The lowest BCUT2D eigenvalue weighted by atomic mass is 10.2. The van der Waals surface area contributed by atoms with Gasteiger partial charge in [-0.2, -0.15) is 8.78 Å². The van der Waals surface area contributed by atoms with Crippen molar-refractivity contribution in [3.63, 3.8) is 0 Å². The summed E-state index contributed by atoms with van der Waals surface area (Å²) in [6.45, 7) is -1.19. The number of carbonyl (C=O) groups excluding carboxylic acids is 1. The summed E-state index contributed by atoms with van der Waals surface area (Å²) >= 11 is 7.59. The molecule has 0 bridgehead atoms. The van der Waals surface area contributed by atoms with E-state index >= 15 is 0 Å². The summed E-state index contributed by atoms with van der Waals surface area (Å²) in [6, 6.07) is 11.8. The molecular formula is C17H12ClF2NO2S. The van der Waals surface area contributed by atoms with Crippen molar-refractivity contribution in [2.75, 3.05) is 5.32 Å². The average Bonchev–Trinajstić information content (AvgIpc) is 2.87. The number of carbonyl (C=O) groups is 1. The molecule has 3 rings (SSSR count). The molecular weight excluding hydrogens is 356 g/mol. The van der Waals surface area contributed by atoms with Crippen LogP contribution in [-0.2, 0) is 0 Å². The second-order valence-electron chi connectivity index (χ2n) is 5.05. The summed E-state index contributed by atoms with van der Waals surface area (Å²) in [5, 5.41) is 3.98. The molecule has 0 unspecified atom stereocenters. The molecule has 2 aromatic carbocycles. The molecule has 1 aromatic heterocycles. The molecule has 7 heteroatoms. The second-order valence-corrected chi connectivity index (χ2v) is 6.48. The molecule has 1 heterocycles. The summed E-state index contributed by atoms with van der Waals surface area (Å²) in [5.41, 5.74) is 1.12. The minimum Gasteiger partial charge on any atom is -0.435 e. The molecule has 0 fully saturated rings. The smallest absolute Gasteiger partial charge is 0.387 e. The Kier molecular flexibility index (Phi) is 4.69. The first-order chi connectivity index (χ1) is 11.5. The lowest BCUT2D eigenvalue weighted by Gasteiger charge is -2.10. The second kappa shape index (κ2) is 6.75. The van der Waals surface area contributed by atoms with Crippen molar-refractivity contribution < 1.29 is 18.3 Å². The zero-order chi connectivity index (χ0) is 17.3. The summed E-state index contributed by atoms with van der Waals surface area (Å²) in [7, 11) is 0. The molecule has 0 saturated carbocycles. The van der Waals surface area contributed by atoms with Gasteiger partial charge in [-0.25, -0.2) is 0 Å². The van der Waals surface area contributed by atoms with Gasteiger partial charge in [-0.05, 0) is 36.8 Å². The first-order valence-electron chi connectivity index (χ1n) is 6.99. The van der Waals surface area contributed by atoms with Crippen molar-refractivity contribution in [2.24, 2.45) is 0 Å². The van der Waals surface area contributed by atoms with Gasteiger partial charge in [0.15, 0.2) is 0 Å². The SMILES string of the molecule is Cc1cc(OC(F)F)ccc1NC(=O)c1sc2ccccc2c1Cl. The van der Waals surface area contributed by atoms with Crippen molar-refractivity contribution in [2.45, 2.75) is 13.5 Å². The maximum absolute atomic E-state index is 12.5. The number of aryl methyl sites for hydroxylation is 1. The van der Waals surface area contributed by atoms with Crippen LogP contribution in [0.1, 0.15) is 15.2 Å². The largest absolute Gasteiger partial charge is 0.435 e. The molecule has 0 atom stereocenters. The molecule has 0 spiro atoms. The Morgan fingerprint density at radius 1 is 1.25 bits per heavy atom. The number of ether oxygens (including phenoxy) is 1. The fraction of sp³-hybridized carbons (Fsp3) is 0.118. The van der Waals surface area contributed by atoms with Gasteiger partial charge in [-0.1, -0.05) is 29.8 Å². The summed E-state index contributed by atoms with van der Waals surface area (Å²) in [5.74, 6) is -0.299. The van der Waals surface area contributed by atoms with Gasteiger partial charge < -0.3 is 10.1 Å². The van der Waals surface area contributed by atoms with Crippen LogP contribution in [0.2, 0.25) is 5.02 Å². The average molecular weight is 368 g/mol. The molecule has 24 heavy (non-hydrogen) atoms. The first-order valence-corrected chi connectivity index (χ1v) is 8.19. The number of fused-ring (bicyclic) bond motifs is 1. The van der Waals surface area contributed by atoms with Crippen LogP contribution in [0, 0.1) is 6.92 Å². The maximum atomic E-state index is 12.5. The normalized spacial score (nSPS) is 11.0. The Morgan fingerprint density at radius 2 is 2.00 bits per heavy atom. The zero-order valence-electron chi connectivity index (χ0n) is 12.5. The Morgan fingerprint density at radius 3 is 2.67 bits per heavy atom. The lowest BCUT2D eigenvalue weighted by Crippen LogP contribution is -2.12. The van der Waals surface area contributed by atoms with Crippen LogP contribution < -0.4 is 10.1 Å². The highest BCUT2D eigenvalue weighted by atomic mass is 35.5. The molecule has 0 aliphatic rings. The van der Waals surface area contributed by atoms with E-state index in [9.17, 15) is 13.6 Å². The third kappa shape index (κ3) is 3.34. The Balaban J connectivity index is 1.85. The number of alkyl halides is 2. The van der Waals surface area contributed by atoms with Gasteiger partial charge in [0.05, 0.1) is 5.02 Å². The monoisotopic (exact) mass is 367 g/mol. The number of benzene rings is 2. The lowest BCUT2D eigenvalue weighted by molar-refractivity contribution is -0.0498. The first kappa shape index (κ1) is 16.7. The topological polar surface area (TPSA) is 38.3 Å². The van der Waals surface area contributed by atoms with Crippen LogP contribution in [0.3, 0.4) is 0 Å². The van der Waals surface area contributed by atoms with Gasteiger partial charge in [0.25, 0.3) is 5.91 Å². The van der Waals surface area contributed by atoms with E-state index in [-0.39, 0.29) is 11.7 Å². The minimum absolute atomic E-state index is 0.0420. The number of thiophene rings is 1. The van der Waals surface area contributed by atoms with Crippen molar-refractivity contribution in [3.8, 4) is 5.75 Å². The summed E-state index contributed by atoms with van der Waals surface area (Å²) in [6.07, 6.45) is 0. The van der Waals surface area contributed by atoms with Crippen LogP contribution in [0.15, 0.2) is 42.5 Å². The molecule has 1 amide bonds. The van der Waals surface area contributed by atoms with E-state index in [1.165, 1.54) is 29.5 Å². The Labute approximate surface area is 145 Å². The molecule has 0 saturated heterocycles. The predicted molar refractivity (Wildman–Crippen MR) is 92.6 cm³/mol. The number of hydrogen-bond donors (Lipinski definition) is 1. The van der Waals surface area contributed by atoms with Gasteiger partial charge in [0.1, 0.15) is 10.6 Å². The van der Waals surface area contributed by atoms with Crippen molar-refractivity contribution in [1.29, 1.82) is 0 Å². The van der Waals surface area contributed by atoms with Crippen molar-refractivity contribution in [1.82, 2.24) is 0 Å². The highest BCUT2D eigenvalue weighted by molar-refractivity contribution is 7.21. The molecule has 124 valence electrons. The minimum atomic E-state index is -2.89. The fourth-order valence-corrected chi connectivity index (χ4v) is 3.70. The zero-order valence-corrected chi connectivity index (χ0v) is 14.0. The van der Waals surface area contributed by atoms with Gasteiger partial charge >= 0.3 is 6.61 Å². The van der Waals surface area contributed by atoms with Crippen LogP contribution in [0.25, 0.3) is 10.1 Å². The molecule has 0 radical (unpaired) electrons. The maximum Gasteiger partial charge on any atom is 0.387 e. The van der Waals surface area contributed by atoms with Crippen LogP contribution in [0.4, 0.5) is 14.5 Å². The predicted octanol–water partition coefficient (Wildman–Crippen LogP) is 5.72. The Bertz CT molecular complexity index is 911. The number of hydrogen-bond acceptors (Lipinski definition) is 3. The van der Waals surface area contributed by atoms with E-state index in [2.05, 4.69) is 10.1 Å². The summed E-state index contributed by atoms with van der Waals surface area (Å²) < 4.78 is 29.7. The Hall–Kier alpha value is -2.18. The molecule has 3 aromatic rings.